The second-order valence-corrected chi connectivity index (χ2v) is 6.72. The fourth-order valence-electron chi connectivity index (χ4n) is 2.63. The van der Waals surface area contributed by atoms with Crippen molar-refractivity contribution in [3.63, 3.8) is 0 Å². The predicted octanol–water partition coefficient (Wildman–Crippen LogP) is 4.23. The molecule has 3 aromatic rings. The Hall–Kier alpha value is -3.12. The van der Waals surface area contributed by atoms with Gasteiger partial charge in [0.2, 0.25) is 0 Å². The molecule has 3 heterocycles. The zero-order valence-corrected chi connectivity index (χ0v) is 14.9. The van der Waals surface area contributed by atoms with Crippen molar-refractivity contribution in [1.82, 2.24) is 9.55 Å². The Kier molecular flexibility index (Phi) is 4.41. The fourth-order valence-corrected chi connectivity index (χ4v) is 3.60. The van der Waals surface area contributed by atoms with E-state index in [4.69, 9.17) is 0 Å². The van der Waals surface area contributed by atoms with Crippen LogP contribution in [0.5, 0.6) is 0 Å². The molecule has 0 bridgehead atoms. The van der Waals surface area contributed by atoms with Crippen LogP contribution in [0.2, 0.25) is 0 Å². The van der Waals surface area contributed by atoms with Crippen molar-refractivity contribution in [1.29, 1.82) is 0 Å². The van der Waals surface area contributed by atoms with E-state index in [-0.39, 0.29) is 5.91 Å². The van der Waals surface area contributed by atoms with Gasteiger partial charge in [0.05, 0.1) is 10.6 Å². The van der Waals surface area contributed by atoms with Crippen LogP contribution in [-0.2, 0) is 11.8 Å². The lowest BCUT2D eigenvalue weighted by Gasteiger charge is -2.15. The van der Waals surface area contributed by atoms with Crippen LogP contribution in [0.1, 0.15) is 5.69 Å². The van der Waals surface area contributed by atoms with Gasteiger partial charge >= 0.3 is 0 Å². The van der Waals surface area contributed by atoms with Crippen LogP contribution < -0.4 is 4.90 Å². The first-order valence-corrected chi connectivity index (χ1v) is 8.94. The number of rotatable bonds is 3. The molecular weight excluding hydrogens is 344 g/mol. The highest BCUT2D eigenvalue weighted by molar-refractivity contribution is 8.19. The van der Waals surface area contributed by atoms with E-state index in [1.54, 1.807) is 11.1 Å². The number of benzene rings is 1. The number of para-hydroxylation sites is 1. The van der Waals surface area contributed by atoms with Crippen molar-refractivity contribution in [2.75, 3.05) is 4.90 Å². The lowest BCUT2D eigenvalue weighted by molar-refractivity contribution is -0.113. The van der Waals surface area contributed by atoms with E-state index in [2.05, 4.69) is 9.98 Å². The van der Waals surface area contributed by atoms with Crippen LogP contribution in [-0.4, -0.2) is 20.6 Å². The van der Waals surface area contributed by atoms with Crippen molar-refractivity contribution >= 4 is 40.4 Å². The summed E-state index contributed by atoms with van der Waals surface area (Å²) < 4.78 is 1.97. The average molecular weight is 360 g/mol. The summed E-state index contributed by atoms with van der Waals surface area (Å²) in [6.45, 7) is 0. The number of hydrogen-bond acceptors (Lipinski definition) is 4. The topological polar surface area (TPSA) is 50.5 Å². The number of carbonyl (C=O) groups is 1. The highest BCUT2D eigenvalue weighted by Crippen LogP contribution is 2.36. The molecule has 0 aliphatic carbocycles. The third-order valence-corrected chi connectivity index (χ3v) is 4.91. The van der Waals surface area contributed by atoms with E-state index in [0.29, 0.717) is 15.9 Å². The van der Waals surface area contributed by atoms with Crippen LogP contribution in [0.3, 0.4) is 0 Å². The van der Waals surface area contributed by atoms with Gasteiger partial charge in [-0.25, -0.2) is 9.98 Å². The molecule has 6 heteroatoms. The van der Waals surface area contributed by atoms with E-state index in [9.17, 15) is 4.79 Å². The molecule has 0 N–H and O–H groups in total. The van der Waals surface area contributed by atoms with E-state index in [1.807, 2.05) is 84.6 Å². The summed E-state index contributed by atoms with van der Waals surface area (Å²) in [5.74, 6) is 0.487. The van der Waals surface area contributed by atoms with Crippen LogP contribution >= 0.6 is 11.8 Å². The number of aromatic nitrogens is 2. The molecule has 26 heavy (non-hydrogen) atoms. The molecule has 1 aromatic carbocycles. The van der Waals surface area contributed by atoms with Gasteiger partial charge in [-0.05, 0) is 54.2 Å². The van der Waals surface area contributed by atoms with Gasteiger partial charge in [0.15, 0.2) is 11.0 Å². The first-order valence-electron chi connectivity index (χ1n) is 8.12. The summed E-state index contributed by atoms with van der Waals surface area (Å²) in [7, 11) is 1.95. The first kappa shape index (κ1) is 16.4. The van der Waals surface area contributed by atoms with Gasteiger partial charge in [-0.15, -0.1) is 0 Å². The van der Waals surface area contributed by atoms with Crippen molar-refractivity contribution in [2.24, 2.45) is 12.0 Å². The van der Waals surface area contributed by atoms with Crippen LogP contribution in [0.15, 0.2) is 83.0 Å². The molecule has 5 nitrogen and oxygen atoms in total. The minimum atomic E-state index is -0.0860. The van der Waals surface area contributed by atoms with Gasteiger partial charge in [-0.1, -0.05) is 24.3 Å². The SMILES string of the molecule is Cn1cccc1/C=C1/S/C(=N/c2ccccn2)N(c2ccccc2)C1=O. The normalized spacial score (nSPS) is 17.4. The Morgan fingerprint density at radius 1 is 1.04 bits per heavy atom. The first-order chi connectivity index (χ1) is 12.7. The zero-order chi connectivity index (χ0) is 17.9. The molecule has 0 atom stereocenters. The van der Waals surface area contributed by atoms with E-state index >= 15 is 0 Å². The second-order valence-electron chi connectivity index (χ2n) is 5.71. The van der Waals surface area contributed by atoms with Crippen LogP contribution in [0, 0.1) is 0 Å². The third-order valence-electron chi connectivity index (χ3n) is 3.94. The quantitative estimate of drug-likeness (QED) is 0.657. The van der Waals surface area contributed by atoms with Crippen molar-refractivity contribution in [2.45, 2.75) is 0 Å². The van der Waals surface area contributed by atoms with Gasteiger partial charge in [-0.2, -0.15) is 0 Å². The molecule has 128 valence electrons. The molecule has 1 aliphatic heterocycles. The molecule has 1 aliphatic rings. The van der Waals surface area contributed by atoms with E-state index in [0.717, 1.165) is 11.4 Å². The maximum atomic E-state index is 13.1. The Labute approximate surface area is 155 Å². The molecular formula is C20H16N4OS. The highest BCUT2D eigenvalue weighted by Gasteiger charge is 2.34. The molecule has 2 aromatic heterocycles. The Bertz CT molecular complexity index is 993. The lowest BCUT2D eigenvalue weighted by Crippen LogP contribution is -2.28. The molecule has 0 spiro atoms. The maximum Gasteiger partial charge on any atom is 0.271 e. The minimum absolute atomic E-state index is 0.0860. The molecule has 1 amide bonds. The monoisotopic (exact) mass is 360 g/mol. The number of carbonyl (C=O) groups excluding carboxylic acids is 1. The fraction of sp³-hybridized carbons (Fsp3) is 0.0500. The second kappa shape index (κ2) is 7.01. The Morgan fingerprint density at radius 3 is 2.54 bits per heavy atom. The number of hydrogen-bond donors (Lipinski definition) is 0. The largest absolute Gasteiger partial charge is 0.351 e. The number of nitrogens with zero attached hydrogens (tertiary/aromatic N) is 4. The Balaban J connectivity index is 1.78. The number of thioether (sulfide) groups is 1. The van der Waals surface area contributed by atoms with E-state index < -0.39 is 0 Å². The average Bonchev–Trinajstić information content (AvgIpc) is 3.20. The molecule has 4 rings (SSSR count). The van der Waals surface area contributed by atoms with E-state index in [1.165, 1.54) is 11.8 Å². The predicted molar refractivity (Wildman–Crippen MR) is 106 cm³/mol. The highest BCUT2D eigenvalue weighted by atomic mass is 32.2. The lowest BCUT2D eigenvalue weighted by atomic mass is 10.3. The van der Waals surface area contributed by atoms with Crippen LogP contribution in [0.4, 0.5) is 11.5 Å². The summed E-state index contributed by atoms with van der Waals surface area (Å²) >= 11 is 1.36. The zero-order valence-electron chi connectivity index (χ0n) is 14.1. The maximum absolute atomic E-state index is 13.1. The number of aliphatic imine (C=N–C) groups is 1. The number of amides is 1. The number of amidine groups is 1. The van der Waals surface area contributed by atoms with Gasteiger partial charge in [-0.3, -0.25) is 9.69 Å². The van der Waals surface area contributed by atoms with Crippen molar-refractivity contribution in [3.8, 4) is 0 Å². The third kappa shape index (κ3) is 3.19. The number of anilines is 1. The molecule has 0 radical (unpaired) electrons. The standard InChI is InChI=1S/C20H16N4OS/c1-23-13-7-10-16(23)14-17-19(25)24(15-8-3-2-4-9-15)20(26-17)22-18-11-5-6-12-21-18/h2-14H,1H3/b17-14+,22-20+. The van der Waals surface area contributed by atoms with Crippen molar-refractivity contribution < 1.29 is 4.79 Å². The van der Waals surface area contributed by atoms with Crippen LogP contribution in [0.25, 0.3) is 6.08 Å². The molecule has 1 saturated heterocycles. The summed E-state index contributed by atoms with van der Waals surface area (Å²) in [5.41, 5.74) is 1.75. The molecule has 1 fully saturated rings. The van der Waals surface area contributed by atoms with Crippen molar-refractivity contribution in [3.05, 3.63) is 83.7 Å². The summed E-state index contributed by atoms with van der Waals surface area (Å²) in [4.78, 5) is 24.2. The summed E-state index contributed by atoms with van der Waals surface area (Å²) in [5, 5.41) is 0.598. The molecule has 0 saturated carbocycles. The summed E-state index contributed by atoms with van der Waals surface area (Å²) in [6, 6.07) is 19.0. The van der Waals surface area contributed by atoms with Gasteiger partial charge in [0.25, 0.3) is 5.91 Å². The minimum Gasteiger partial charge on any atom is -0.351 e. The number of aryl methyl sites for hydroxylation is 1. The summed E-state index contributed by atoms with van der Waals surface area (Å²) in [6.07, 6.45) is 5.53. The number of pyridine rings is 1. The van der Waals surface area contributed by atoms with Gasteiger partial charge in [0, 0.05) is 25.1 Å². The smallest absolute Gasteiger partial charge is 0.271 e. The Morgan fingerprint density at radius 2 is 1.85 bits per heavy atom. The van der Waals surface area contributed by atoms with Gasteiger partial charge < -0.3 is 4.57 Å². The van der Waals surface area contributed by atoms with Gasteiger partial charge in [0.1, 0.15) is 0 Å². The molecule has 0 unspecified atom stereocenters.